The van der Waals surface area contributed by atoms with Crippen molar-refractivity contribution in [2.75, 3.05) is 11.9 Å². The highest BCUT2D eigenvalue weighted by Crippen LogP contribution is 2.50. The molecule has 0 N–H and O–H groups in total. The Hall–Kier alpha value is -1.30. The Kier molecular flexibility index (Phi) is 2.69. The van der Waals surface area contributed by atoms with E-state index >= 15 is 0 Å². The van der Waals surface area contributed by atoms with E-state index in [1.165, 1.54) is 11.8 Å². The van der Waals surface area contributed by atoms with Crippen LogP contribution in [0.1, 0.15) is 6.42 Å². The first kappa shape index (κ1) is 11.8. The van der Waals surface area contributed by atoms with Crippen molar-refractivity contribution in [1.29, 1.82) is 0 Å². The van der Waals surface area contributed by atoms with Crippen LogP contribution in [0.15, 0.2) is 41.8 Å². The molecule has 1 aromatic rings. The van der Waals surface area contributed by atoms with Crippen molar-refractivity contribution < 1.29 is 14.6 Å². The molecule has 5 heteroatoms. The number of rotatable bonds is 1. The van der Waals surface area contributed by atoms with E-state index in [0.29, 0.717) is 6.42 Å². The largest absolute Gasteiger partial charge is 0.311 e. The number of carbonyl (C=O) groups excluding carboxylic acids is 1. The molecule has 94 valence electrons. The van der Waals surface area contributed by atoms with Gasteiger partial charge in [-0.2, -0.15) is 0 Å². The summed E-state index contributed by atoms with van der Waals surface area (Å²) in [7, 11) is 1.76. The zero-order valence-electron chi connectivity index (χ0n) is 9.96. The van der Waals surface area contributed by atoms with Gasteiger partial charge < -0.3 is 4.90 Å². The number of amides is 1. The third kappa shape index (κ3) is 1.59. The highest BCUT2D eigenvalue weighted by atomic mass is 32.2. The highest BCUT2D eigenvalue weighted by molar-refractivity contribution is 8.01. The molecule has 0 aliphatic carbocycles. The van der Waals surface area contributed by atoms with Crippen LogP contribution < -0.4 is 4.90 Å². The molecule has 1 aromatic carbocycles. The number of likely N-dealkylation sites (N-methyl/N-ethyl adjacent to an activating group) is 1. The van der Waals surface area contributed by atoms with Crippen molar-refractivity contribution in [3.8, 4) is 0 Å². The molecule has 2 atom stereocenters. The van der Waals surface area contributed by atoms with Gasteiger partial charge in [0.15, 0.2) is 0 Å². The summed E-state index contributed by atoms with van der Waals surface area (Å²) in [6.07, 6.45) is 1.90. The van der Waals surface area contributed by atoms with Gasteiger partial charge in [0.25, 0.3) is 5.91 Å². The van der Waals surface area contributed by atoms with Crippen molar-refractivity contribution in [1.82, 2.24) is 0 Å². The molecule has 1 amide bonds. The number of hydrogen-bond donors (Lipinski definition) is 0. The molecule has 2 heterocycles. The van der Waals surface area contributed by atoms with Crippen LogP contribution in [0.25, 0.3) is 0 Å². The van der Waals surface area contributed by atoms with E-state index in [9.17, 15) is 4.79 Å². The van der Waals surface area contributed by atoms with Gasteiger partial charge in [-0.05, 0) is 12.1 Å². The molecule has 0 bridgehead atoms. The number of thioether (sulfide) groups is 1. The summed E-state index contributed by atoms with van der Waals surface area (Å²) < 4.78 is 0. The average molecular weight is 263 g/mol. The zero-order chi connectivity index (χ0) is 12.8. The summed E-state index contributed by atoms with van der Waals surface area (Å²) in [4.78, 5) is 24.6. The Labute approximate surface area is 109 Å². The quantitative estimate of drug-likeness (QED) is 0.576. The molecule has 0 saturated carbocycles. The van der Waals surface area contributed by atoms with E-state index in [1.54, 1.807) is 18.0 Å². The normalized spacial score (nSPS) is 30.6. The van der Waals surface area contributed by atoms with Crippen molar-refractivity contribution >= 4 is 23.4 Å². The second-order valence-electron chi connectivity index (χ2n) is 4.34. The minimum absolute atomic E-state index is 0.0875. The van der Waals surface area contributed by atoms with E-state index in [2.05, 4.69) is 6.58 Å². The van der Waals surface area contributed by atoms with Gasteiger partial charge in [0.1, 0.15) is 6.10 Å². The van der Waals surface area contributed by atoms with Crippen molar-refractivity contribution in [2.45, 2.75) is 22.4 Å². The number of anilines is 1. The van der Waals surface area contributed by atoms with Gasteiger partial charge in [-0.3, -0.25) is 4.79 Å². The number of para-hydroxylation sites is 1. The summed E-state index contributed by atoms with van der Waals surface area (Å²) in [5.74, 6) is -0.0875. The van der Waals surface area contributed by atoms with E-state index in [1.807, 2.05) is 24.3 Å². The van der Waals surface area contributed by atoms with Crippen molar-refractivity contribution in [2.24, 2.45) is 0 Å². The topological polar surface area (TPSA) is 38.8 Å². The second-order valence-corrected chi connectivity index (χ2v) is 5.65. The lowest BCUT2D eigenvalue weighted by molar-refractivity contribution is -0.291. The maximum absolute atomic E-state index is 12.4. The Morgan fingerprint density at radius 3 is 3.06 bits per heavy atom. The number of hydrogen-bond acceptors (Lipinski definition) is 4. The Morgan fingerprint density at radius 1 is 1.56 bits per heavy atom. The first-order chi connectivity index (χ1) is 8.66. The minimum atomic E-state index is -0.970. The number of nitrogens with zero attached hydrogens (tertiary/aromatic N) is 1. The summed E-state index contributed by atoms with van der Waals surface area (Å²) in [5.41, 5.74) is 0.906. The smallest absolute Gasteiger partial charge is 0.273 e. The predicted molar refractivity (Wildman–Crippen MR) is 69.2 cm³/mol. The Morgan fingerprint density at radius 2 is 2.33 bits per heavy atom. The third-order valence-corrected chi connectivity index (χ3v) is 4.48. The fourth-order valence-corrected chi connectivity index (χ4v) is 3.54. The number of fused-ring (bicyclic) bond motifs is 1. The van der Waals surface area contributed by atoms with Crippen LogP contribution in [0.2, 0.25) is 0 Å². The zero-order valence-corrected chi connectivity index (χ0v) is 10.8. The maximum Gasteiger partial charge on any atom is 0.273 e. The first-order valence-corrected chi connectivity index (χ1v) is 6.51. The highest BCUT2D eigenvalue weighted by Gasteiger charge is 2.53. The lowest BCUT2D eigenvalue weighted by Crippen LogP contribution is -2.48. The van der Waals surface area contributed by atoms with Crippen molar-refractivity contribution in [3.05, 3.63) is 36.9 Å². The van der Waals surface area contributed by atoms with Crippen LogP contribution in [0.4, 0.5) is 5.69 Å². The lowest BCUT2D eigenvalue weighted by atomic mass is 10.1. The summed E-state index contributed by atoms with van der Waals surface area (Å²) in [6.45, 7) is 3.67. The maximum atomic E-state index is 12.4. The van der Waals surface area contributed by atoms with Crippen LogP contribution in [0, 0.1) is 0 Å². The minimum Gasteiger partial charge on any atom is -0.311 e. The number of benzene rings is 1. The summed E-state index contributed by atoms with van der Waals surface area (Å²) in [6, 6.07) is 7.77. The molecular weight excluding hydrogens is 250 g/mol. The van der Waals surface area contributed by atoms with E-state index in [0.717, 1.165) is 10.6 Å². The monoisotopic (exact) mass is 263 g/mol. The SMILES string of the molecule is C=CC1CC2(OO1)Sc1ccccc1N(C)C2=O. The van der Waals surface area contributed by atoms with Gasteiger partial charge in [-0.1, -0.05) is 30.0 Å². The van der Waals surface area contributed by atoms with Crippen LogP contribution in [-0.2, 0) is 14.6 Å². The Balaban J connectivity index is 2.01. The molecule has 1 spiro atoms. The molecule has 18 heavy (non-hydrogen) atoms. The molecule has 4 nitrogen and oxygen atoms in total. The molecule has 0 aromatic heterocycles. The molecular formula is C13H13NO3S. The van der Waals surface area contributed by atoms with Gasteiger partial charge in [0, 0.05) is 18.4 Å². The third-order valence-electron chi connectivity index (χ3n) is 3.17. The molecule has 3 rings (SSSR count). The van der Waals surface area contributed by atoms with Gasteiger partial charge >= 0.3 is 0 Å². The van der Waals surface area contributed by atoms with Gasteiger partial charge in [0.05, 0.1) is 5.69 Å². The van der Waals surface area contributed by atoms with E-state index in [-0.39, 0.29) is 12.0 Å². The van der Waals surface area contributed by atoms with Crippen molar-refractivity contribution in [3.63, 3.8) is 0 Å². The predicted octanol–water partition coefficient (Wildman–Crippen LogP) is 2.36. The van der Waals surface area contributed by atoms with Crippen LogP contribution in [-0.4, -0.2) is 24.0 Å². The van der Waals surface area contributed by atoms with Gasteiger partial charge in [-0.15, -0.1) is 6.58 Å². The lowest BCUT2D eigenvalue weighted by Gasteiger charge is -2.35. The number of carbonyl (C=O) groups is 1. The molecule has 2 aliphatic heterocycles. The fraction of sp³-hybridized carbons (Fsp3) is 0.308. The molecule has 1 saturated heterocycles. The van der Waals surface area contributed by atoms with Crippen LogP contribution in [0.3, 0.4) is 0 Å². The molecule has 2 unspecified atom stereocenters. The van der Waals surface area contributed by atoms with Gasteiger partial charge in [-0.25, -0.2) is 9.78 Å². The van der Waals surface area contributed by atoms with Gasteiger partial charge in [0.2, 0.25) is 4.93 Å². The fourth-order valence-electron chi connectivity index (χ4n) is 2.18. The Bertz CT molecular complexity index is 519. The molecule has 1 fully saturated rings. The van der Waals surface area contributed by atoms with Crippen LogP contribution in [0.5, 0.6) is 0 Å². The standard InChI is InChI=1S/C13H13NO3S/c1-3-9-8-13(17-16-9)12(15)14(2)10-6-4-5-7-11(10)18-13/h3-7,9H,1,8H2,2H3. The van der Waals surface area contributed by atoms with Crippen LogP contribution >= 0.6 is 11.8 Å². The summed E-state index contributed by atoms with van der Waals surface area (Å²) in [5, 5.41) is 0. The second kappa shape index (κ2) is 4.12. The first-order valence-electron chi connectivity index (χ1n) is 5.69. The average Bonchev–Trinajstić information content (AvgIpc) is 2.81. The molecule has 2 aliphatic rings. The molecule has 0 radical (unpaired) electrons. The van der Waals surface area contributed by atoms with E-state index < -0.39 is 4.93 Å². The summed E-state index contributed by atoms with van der Waals surface area (Å²) >= 11 is 1.41. The van der Waals surface area contributed by atoms with E-state index in [4.69, 9.17) is 9.78 Å².